The zero-order valence-electron chi connectivity index (χ0n) is 10.9. The SMILES string of the molecule is CC1CCN(C(=O)CC2CNCCO2)CC1C. The van der Waals surface area contributed by atoms with Crippen molar-refractivity contribution in [1.29, 1.82) is 0 Å². The maximum atomic E-state index is 12.1. The Kier molecular flexibility index (Phi) is 4.40. The van der Waals surface area contributed by atoms with Gasteiger partial charge in [0, 0.05) is 26.2 Å². The monoisotopic (exact) mass is 240 g/mol. The Hall–Kier alpha value is -0.610. The third kappa shape index (κ3) is 3.42. The van der Waals surface area contributed by atoms with Crippen LogP contribution in [0.15, 0.2) is 0 Å². The summed E-state index contributed by atoms with van der Waals surface area (Å²) < 4.78 is 5.58. The van der Waals surface area contributed by atoms with Gasteiger partial charge in [0.1, 0.15) is 0 Å². The Morgan fingerprint density at radius 3 is 2.88 bits per heavy atom. The summed E-state index contributed by atoms with van der Waals surface area (Å²) in [6.45, 7) is 8.80. The summed E-state index contributed by atoms with van der Waals surface area (Å²) in [4.78, 5) is 14.2. The second-order valence-electron chi connectivity index (χ2n) is 5.48. The van der Waals surface area contributed by atoms with Crippen molar-refractivity contribution >= 4 is 5.91 Å². The number of rotatable bonds is 2. The van der Waals surface area contributed by atoms with E-state index >= 15 is 0 Å². The van der Waals surface area contributed by atoms with Gasteiger partial charge in [0.15, 0.2) is 0 Å². The van der Waals surface area contributed by atoms with Crippen molar-refractivity contribution in [3.8, 4) is 0 Å². The molecule has 0 aliphatic carbocycles. The van der Waals surface area contributed by atoms with E-state index < -0.39 is 0 Å². The molecule has 2 fully saturated rings. The van der Waals surface area contributed by atoms with E-state index in [2.05, 4.69) is 19.2 Å². The van der Waals surface area contributed by atoms with Crippen LogP contribution in [0.1, 0.15) is 26.7 Å². The van der Waals surface area contributed by atoms with Gasteiger partial charge in [-0.25, -0.2) is 0 Å². The second-order valence-corrected chi connectivity index (χ2v) is 5.48. The summed E-state index contributed by atoms with van der Waals surface area (Å²) in [5.41, 5.74) is 0. The van der Waals surface area contributed by atoms with E-state index in [1.807, 2.05) is 4.90 Å². The quantitative estimate of drug-likeness (QED) is 0.778. The van der Waals surface area contributed by atoms with Crippen molar-refractivity contribution < 1.29 is 9.53 Å². The Morgan fingerprint density at radius 1 is 1.41 bits per heavy atom. The van der Waals surface area contributed by atoms with Crippen molar-refractivity contribution in [2.45, 2.75) is 32.8 Å². The van der Waals surface area contributed by atoms with Crippen LogP contribution >= 0.6 is 0 Å². The van der Waals surface area contributed by atoms with Gasteiger partial charge in [0.05, 0.1) is 19.1 Å². The van der Waals surface area contributed by atoms with E-state index in [0.717, 1.165) is 45.1 Å². The van der Waals surface area contributed by atoms with E-state index in [4.69, 9.17) is 4.74 Å². The first-order chi connectivity index (χ1) is 8.16. The molecule has 3 atom stereocenters. The topological polar surface area (TPSA) is 41.6 Å². The van der Waals surface area contributed by atoms with Crippen molar-refractivity contribution in [3.63, 3.8) is 0 Å². The number of piperidine rings is 1. The third-order valence-corrected chi connectivity index (χ3v) is 4.09. The molecule has 1 N–H and O–H groups in total. The van der Waals surface area contributed by atoms with E-state index in [-0.39, 0.29) is 12.0 Å². The molecule has 4 nitrogen and oxygen atoms in total. The van der Waals surface area contributed by atoms with E-state index in [0.29, 0.717) is 12.3 Å². The first-order valence-corrected chi connectivity index (χ1v) is 6.77. The molecule has 2 rings (SSSR count). The predicted octanol–water partition coefficient (Wildman–Crippen LogP) is 0.869. The van der Waals surface area contributed by atoms with Crippen molar-refractivity contribution in [2.75, 3.05) is 32.8 Å². The van der Waals surface area contributed by atoms with Gasteiger partial charge in [-0.3, -0.25) is 4.79 Å². The van der Waals surface area contributed by atoms with Crippen LogP contribution in [0, 0.1) is 11.8 Å². The summed E-state index contributed by atoms with van der Waals surface area (Å²) in [5, 5.41) is 3.26. The minimum Gasteiger partial charge on any atom is -0.375 e. The van der Waals surface area contributed by atoms with Crippen LogP contribution in [0.4, 0.5) is 0 Å². The number of carbonyl (C=O) groups excluding carboxylic acids is 1. The van der Waals surface area contributed by atoms with Crippen molar-refractivity contribution in [1.82, 2.24) is 10.2 Å². The van der Waals surface area contributed by atoms with E-state index in [1.54, 1.807) is 0 Å². The van der Waals surface area contributed by atoms with Gasteiger partial charge < -0.3 is 15.0 Å². The molecule has 2 aliphatic rings. The Morgan fingerprint density at radius 2 is 2.24 bits per heavy atom. The highest BCUT2D eigenvalue weighted by Crippen LogP contribution is 2.23. The number of amides is 1. The molecule has 0 aromatic rings. The lowest BCUT2D eigenvalue weighted by atomic mass is 9.88. The number of nitrogens with one attached hydrogen (secondary N) is 1. The fraction of sp³-hybridized carbons (Fsp3) is 0.923. The first-order valence-electron chi connectivity index (χ1n) is 6.77. The molecule has 0 aromatic carbocycles. The van der Waals surface area contributed by atoms with Gasteiger partial charge in [0.2, 0.25) is 5.91 Å². The van der Waals surface area contributed by atoms with Gasteiger partial charge >= 0.3 is 0 Å². The summed E-state index contributed by atoms with van der Waals surface area (Å²) >= 11 is 0. The third-order valence-electron chi connectivity index (χ3n) is 4.09. The predicted molar refractivity (Wildman–Crippen MR) is 66.8 cm³/mol. The van der Waals surface area contributed by atoms with Crippen molar-refractivity contribution in [3.05, 3.63) is 0 Å². The van der Waals surface area contributed by atoms with Crippen LogP contribution in [-0.2, 0) is 9.53 Å². The number of carbonyl (C=O) groups is 1. The zero-order valence-corrected chi connectivity index (χ0v) is 10.9. The van der Waals surface area contributed by atoms with Crippen LogP contribution in [0.5, 0.6) is 0 Å². The fourth-order valence-corrected chi connectivity index (χ4v) is 2.56. The summed E-state index contributed by atoms with van der Waals surface area (Å²) in [7, 11) is 0. The van der Waals surface area contributed by atoms with Crippen LogP contribution in [-0.4, -0.2) is 49.7 Å². The van der Waals surface area contributed by atoms with Crippen LogP contribution in [0.25, 0.3) is 0 Å². The molecule has 17 heavy (non-hydrogen) atoms. The smallest absolute Gasteiger partial charge is 0.225 e. The lowest BCUT2D eigenvalue weighted by Gasteiger charge is -2.36. The molecule has 0 aromatic heterocycles. The van der Waals surface area contributed by atoms with Gasteiger partial charge in [-0.15, -0.1) is 0 Å². The lowest BCUT2D eigenvalue weighted by molar-refractivity contribution is -0.137. The number of hydrogen-bond acceptors (Lipinski definition) is 3. The zero-order chi connectivity index (χ0) is 12.3. The van der Waals surface area contributed by atoms with Crippen molar-refractivity contribution in [2.24, 2.45) is 11.8 Å². The molecule has 0 saturated carbocycles. The highest BCUT2D eigenvalue weighted by molar-refractivity contribution is 5.76. The standard InChI is InChI=1S/C13H24N2O2/c1-10-3-5-15(9-11(10)2)13(16)7-12-8-14-4-6-17-12/h10-12,14H,3-9H2,1-2H3. The number of likely N-dealkylation sites (tertiary alicyclic amines) is 1. The first kappa shape index (κ1) is 12.8. The molecule has 2 aliphatic heterocycles. The lowest BCUT2D eigenvalue weighted by Crippen LogP contribution is -2.46. The number of morpholine rings is 1. The van der Waals surface area contributed by atoms with E-state index in [9.17, 15) is 4.79 Å². The molecule has 1 amide bonds. The normalized spacial score (nSPS) is 34.7. The average molecular weight is 240 g/mol. The Labute approximate surface area is 104 Å². The highest BCUT2D eigenvalue weighted by Gasteiger charge is 2.27. The molecule has 2 heterocycles. The molecule has 4 heteroatoms. The van der Waals surface area contributed by atoms with Gasteiger partial charge in [-0.2, -0.15) is 0 Å². The minimum atomic E-state index is 0.0749. The molecule has 0 radical (unpaired) electrons. The Balaban J connectivity index is 1.79. The number of hydrogen-bond donors (Lipinski definition) is 1. The molecule has 0 bridgehead atoms. The molecular formula is C13H24N2O2. The fourth-order valence-electron chi connectivity index (χ4n) is 2.56. The van der Waals surface area contributed by atoms with Crippen LogP contribution in [0.3, 0.4) is 0 Å². The average Bonchev–Trinajstić information content (AvgIpc) is 2.34. The van der Waals surface area contributed by atoms with Gasteiger partial charge in [-0.05, 0) is 18.3 Å². The molecular weight excluding hydrogens is 216 g/mol. The van der Waals surface area contributed by atoms with Gasteiger partial charge in [0.25, 0.3) is 0 Å². The van der Waals surface area contributed by atoms with Gasteiger partial charge in [-0.1, -0.05) is 13.8 Å². The summed E-state index contributed by atoms with van der Waals surface area (Å²) in [5.74, 6) is 1.63. The second kappa shape index (κ2) is 5.83. The number of ether oxygens (including phenoxy) is 1. The largest absolute Gasteiger partial charge is 0.375 e. The molecule has 3 unspecified atom stereocenters. The summed E-state index contributed by atoms with van der Waals surface area (Å²) in [6, 6.07) is 0. The van der Waals surface area contributed by atoms with E-state index in [1.165, 1.54) is 0 Å². The maximum absolute atomic E-state index is 12.1. The Bertz CT molecular complexity index is 264. The number of nitrogens with zero attached hydrogens (tertiary/aromatic N) is 1. The highest BCUT2D eigenvalue weighted by atomic mass is 16.5. The van der Waals surface area contributed by atoms with Crippen LogP contribution in [0.2, 0.25) is 0 Å². The molecule has 98 valence electrons. The van der Waals surface area contributed by atoms with Crippen LogP contribution < -0.4 is 5.32 Å². The maximum Gasteiger partial charge on any atom is 0.225 e. The summed E-state index contributed by atoms with van der Waals surface area (Å²) in [6.07, 6.45) is 1.75. The molecule has 0 spiro atoms. The minimum absolute atomic E-state index is 0.0749. The molecule has 2 saturated heterocycles.